The third kappa shape index (κ3) is 4.67. The number of nitrogens with one attached hydrogen (secondary N) is 1. The number of benzene rings is 1. The number of piperidine rings is 2. The van der Waals surface area contributed by atoms with Crippen molar-refractivity contribution in [3.8, 4) is 0 Å². The van der Waals surface area contributed by atoms with E-state index in [1.54, 1.807) is 0 Å². The van der Waals surface area contributed by atoms with Crippen LogP contribution in [-0.4, -0.2) is 62.3 Å². The van der Waals surface area contributed by atoms with Gasteiger partial charge in [0.1, 0.15) is 10.7 Å². The summed E-state index contributed by atoms with van der Waals surface area (Å²) in [4.78, 5) is 14.6. The Morgan fingerprint density at radius 2 is 1.74 bits per heavy atom. The molecule has 150 valence electrons. The van der Waals surface area contributed by atoms with Crippen molar-refractivity contribution in [2.24, 2.45) is 5.92 Å². The lowest BCUT2D eigenvalue weighted by Gasteiger charge is -2.34. The van der Waals surface area contributed by atoms with Crippen LogP contribution in [0.15, 0.2) is 29.2 Å². The largest absolute Gasteiger partial charge is 0.353 e. The zero-order valence-electron chi connectivity index (χ0n) is 15.7. The van der Waals surface area contributed by atoms with Crippen molar-refractivity contribution in [3.05, 3.63) is 30.1 Å². The number of carbonyl (C=O) groups excluding carboxylic acids is 1. The first kappa shape index (κ1) is 20.2. The number of likely N-dealkylation sites (tertiary alicyclic amines) is 1. The van der Waals surface area contributed by atoms with Crippen LogP contribution in [0.5, 0.6) is 0 Å². The van der Waals surface area contributed by atoms with Crippen LogP contribution < -0.4 is 5.32 Å². The van der Waals surface area contributed by atoms with E-state index in [2.05, 4.69) is 17.1 Å². The predicted octanol–water partition coefficient (Wildman–Crippen LogP) is 1.83. The molecule has 27 heavy (non-hydrogen) atoms. The van der Waals surface area contributed by atoms with Crippen molar-refractivity contribution >= 4 is 15.9 Å². The van der Waals surface area contributed by atoms with E-state index in [1.165, 1.54) is 22.5 Å². The van der Waals surface area contributed by atoms with E-state index in [-0.39, 0.29) is 35.9 Å². The summed E-state index contributed by atoms with van der Waals surface area (Å²) in [5, 5.41) is 3.13. The van der Waals surface area contributed by atoms with Crippen molar-refractivity contribution in [3.63, 3.8) is 0 Å². The number of carbonyl (C=O) groups is 1. The first-order valence-corrected chi connectivity index (χ1v) is 11.1. The standard InChI is InChI=1S/C19H28FN3O3S/c1-2-22-11-9-16(10-12-22)21-19(24)15-7-13-23(14-8-15)27(25,26)18-6-4-3-5-17(18)20/h3-6,15-16H,2,7-14H2,1H3,(H,21,24). The minimum absolute atomic E-state index is 0.0212. The number of halogens is 1. The lowest BCUT2D eigenvalue weighted by Crippen LogP contribution is -2.48. The van der Waals surface area contributed by atoms with Crippen LogP contribution in [0.1, 0.15) is 32.6 Å². The Bertz CT molecular complexity index is 755. The van der Waals surface area contributed by atoms with Crippen molar-refractivity contribution in [1.82, 2.24) is 14.5 Å². The highest BCUT2D eigenvalue weighted by Crippen LogP contribution is 2.25. The fourth-order valence-corrected chi connectivity index (χ4v) is 5.40. The lowest BCUT2D eigenvalue weighted by molar-refractivity contribution is -0.127. The molecule has 1 aromatic rings. The minimum Gasteiger partial charge on any atom is -0.353 e. The summed E-state index contributed by atoms with van der Waals surface area (Å²) < 4.78 is 40.5. The molecule has 2 aliphatic heterocycles. The maximum Gasteiger partial charge on any atom is 0.245 e. The van der Waals surface area contributed by atoms with Gasteiger partial charge in [-0.2, -0.15) is 4.31 Å². The molecule has 1 aromatic carbocycles. The van der Waals surface area contributed by atoms with Gasteiger partial charge in [-0.1, -0.05) is 19.1 Å². The van der Waals surface area contributed by atoms with E-state index in [0.717, 1.165) is 38.5 Å². The van der Waals surface area contributed by atoms with Crippen molar-refractivity contribution in [2.45, 2.75) is 43.5 Å². The van der Waals surface area contributed by atoms with Gasteiger partial charge in [0.25, 0.3) is 0 Å². The van der Waals surface area contributed by atoms with E-state index in [0.29, 0.717) is 12.8 Å². The molecule has 0 spiro atoms. The third-order valence-corrected chi connectivity index (χ3v) is 7.59. The molecule has 2 saturated heterocycles. The maximum absolute atomic E-state index is 13.9. The number of hydrogen-bond acceptors (Lipinski definition) is 4. The Morgan fingerprint density at radius 1 is 1.11 bits per heavy atom. The molecule has 0 aliphatic carbocycles. The average Bonchev–Trinajstić information content (AvgIpc) is 2.69. The first-order valence-electron chi connectivity index (χ1n) is 9.69. The van der Waals surface area contributed by atoms with Gasteiger partial charge in [0.15, 0.2) is 0 Å². The van der Waals surface area contributed by atoms with E-state index in [1.807, 2.05) is 0 Å². The fraction of sp³-hybridized carbons (Fsp3) is 0.632. The van der Waals surface area contributed by atoms with Gasteiger partial charge in [-0.05, 0) is 44.4 Å². The highest BCUT2D eigenvalue weighted by atomic mass is 32.2. The molecule has 3 rings (SSSR count). The van der Waals surface area contributed by atoms with E-state index < -0.39 is 15.8 Å². The molecule has 0 bridgehead atoms. The van der Waals surface area contributed by atoms with Crippen LogP contribution in [0.3, 0.4) is 0 Å². The molecule has 0 atom stereocenters. The molecule has 0 aromatic heterocycles. The Balaban J connectivity index is 1.53. The topological polar surface area (TPSA) is 69.7 Å². The Morgan fingerprint density at radius 3 is 2.33 bits per heavy atom. The molecule has 2 aliphatic rings. The third-order valence-electron chi connectivity index (χ3n) is 5.66. The minimum atomic E-state index is -3.86. The molecule has 6 nitrogen and oxygen atoms in total. The summed E-state index contributed by atoms with van der Waals surface area (Å²) in [6.45, 7) is 5.66. The van der Waals surface area contributed by atoms with E-state index in [4.69, 9.17) is 0 Å². The maximum atomic E-state index is 13.9. The van der Waals surface area contributed by atoms with Crippen molar-refractivity contribution in [2.75, 3.05) is 32.7 Å². The summed E-state index contributed by atoms with van der Waals surface area (Å²) in [6.07, 6.45) is 2.85. The molecular formula is C19H28FN3O3S. The summed E-state index contributed by atoms with van der Waals surface area (Å²) in [6, 6.07) is 5.62. The van der Waals surface area contributed by atoms with Gasteiger partial charge in [0.05, 0.1) is 0 Å². The van der Waals surface area contributed by atoms with Gasteiger partial charge >= 0.3 is 0 Å². The Hall–Kier alpha value is -1.51. The summed E-state index contributed by atoms with van der Waals surface area (Å²) >= 11 is 0. The van der Waals surface area contributed by atoms with Crippen molar-refractivity contribution < 1.29 is 17.6 Å². The number of sulfonamides is 1. The van der Waals surface area contributed by atoms with Gasteiger partial charge in [0, 0.05) is 38.1 Å². The lowest BCUT2D eigenvalue weighted by atomic mass is 9.96. The number of rotatable bonds is 5. The number of nitrogens with zero attached hydrogens (tertiary/aromatic N) is 2. The van der Waals surface area contributed by atoms with Crippen molar-refractivity contribution in [1.29, 1.82) is 0 Å². The summed E-state index contributed by atoms with van der Waals surface area (Å²) in [5.74, 6) is -0.898. The van der Waals surface area contributed by atoms with Crippen LogP contribution in [0.25, 0.3) is 0 Å². The molecule has 0 saturated carbocycles. The molecule has 0 unspecified atom stereocenters. The number of amides is 1. The zero-order chi connectivity index (χ0) is 19.4. The van der Waals surface area contributed by atoms with Crippen LogP contribution >= 0.6 is 0 Å². The Kier molecular flexibility index (Phi) is 6.49. The summed E-state index contributed by atoms with van der Waals surface area (Å²) in [5.41, 5.74) is 0. The van der Waals surface area contributed by atoms with Gasteiger partial charge in [-0.15, -0.1) is 0 Å². The fourth-order valence-electron chi connectivity index (χ4n) is 3.86. The predicted molar refractivity (Wildman–Crippen MR) is 101 cm³/mol. The molecular weight excluding hydrogens is 369 g/mol. The van der Waals surface area contributed by atoms with Gasteiger partial charge in [0.2, 0.25) is 15.9 Å². The molecule has 0 radical (unpaired) electrons. The van der Waals surface area contributed by atoms with Crippen LogP contribution in [0.4, 0.5) is 4.39 Å². The second-order valence-corrected chi connectivity index (χ2v) is 9.23. The number of hydrogen-bond donors (Lipinski definition) is 1. The quantitative estimate of drug-likeness (QED) is 0.823. The average molecular weight is 398 g/mol. The van der Waals surface area contributed by atoms with Gasteiger partial charge < -0.3 is 10.2 Å². The molecule has 8 heteroatoms. The normalized spacial score (nSPS) is 21.3. The van der Waals surface area contributed by atoms with Gasteiger partial charge in [-0.25, -0.2) is 12.8 Å². The highest BCUT2D eigenvalue weighted by Gasteiger charge is 2.34. The molecule has 2 fully saturated rings. The highest BCUT2D eigenvalue weighted by molar-refractivity contribution is 7.89. The summed E-state index contributed by atoms with van der Waals surface area (Å²) in [7, 11) is -3.86. The van der Waals surface area contributed by atoms with Crippen LogP contribution in [-0.2, 0) is 14.8 Å². The van der Waals surface area contributed by atoms with E-state index >= 15 is 0 Å². The smallest absolute Gasteiger partial charge is 0.245 e. The molecule has 1 amide bonds. The van der Waals surface area contributed by atoms with Gasteiger partial charge in [-0.3, -0.25) is 4.79 Å². The van der Waals surface area contributed by atoms with Crippen LogP contribution in [0.2, 0.25) is 0 Å². The van der Waals surface area contributed by atoms with Crippen LogP contribution in [0, 0.1) is 11.7 Å². The van der Waals surface area contributed by atoms with E-state index in [9.17, 15) is 17.6 Å². The monoisotopic (exact) mass is 397 g/mol. The second kappa shape index (κ2) is 8.67. The second-order valence-electron chi connectivity index (χ2n) is 7.33. The SMILES string of the molecule is CCN1CCC(NC(=O)C2CCN(S(=O)(=O)c3ccccc3F)CC2)CC1. The Labute approximate surface area is 160 Å². The zero-order valence-corrected chi connectivity index (χ0v) is 16.5. The molecule has 2 heterocycles. The first-order chi connectivity index (χ1) is 12.9. The molecule has 1 N–H and O–H groups in total.